The third-order valence-corrected chi connectivity index (χ3v) is 24.6. The molecule has 17 heavy (non-hydrogen) atoms. The summed E-state index contributed by atoms with van der Waals surface area (Å²) in [4.78, 5) is 0. The number of hydrogen-bond donors (Lipinski definition) is 0. The van der Waals surface area contributed by atoms with Gasteiger partial charge in [-0.2, -0.15) is 0 Å². The van der Waals surface area contributed by atoms with Crippen molar-refractivity contribution in [2.45, 2.75) is 19.3 Å². The fourth-order valence-electron chi connectivity index (χ4n) is 1.23. The minimum absolute atomic E-state index is 0.233. The molecule has 0 atom stereocenters. The summed E-state index contributed by atoms with van der Waals surface area (Å²) in [5.41, 5.74) is 0.466. The highest BCUT2D eigenvalue weighted by Crippen LogP contribution is 2.73. The minimum atomic E-state index is 0.233. The summed E-state index contributed by atoms with van der Waals surface area (Å²) < 4.78 is 0. The number of hydrogen-bond acceptors (Lipinski definition) is 6. The first-order valence-electron chi connectivity index (χ1n) is 5.83. The molecular weight excluding hydrogens is 362 g/mol. The second-order valence-corrected chi connectivity index (χ2v) is 23.8. The molecule has 0 unspecified atom stereocenters. The molecule has 2 heterocycles. The first-order valence-corrected chi connectivity index (χ1v) is 18.1. The molecule has 0 amide bonds. The van der Waals surface area contributed by atoms with Gasteiger partial charge in [0.25, 0.3) is 0 Å². The molecule has 0 saturated carbocycles. The van der Waals surface area contributed by atoms with E-state index in [9.17, 15) is 0 Å². The van der Waals surface area contributed by atoms with Crippen LogP contribution in [0, 0.1) is 0 Å². The zero-order valence-electron chi connectivity index (χ0n) is 9.71. The summed E-state index contributed by atoms with van der Waals surface area (Å²) in [6, 6.07) is 0. The van der Waals surface area contributed by atoms with Gasteiger partial charge in [-0.1, -0.05) is 0 Å². The van der Waals surface area contributed by atoms with Gasteiger partial charge >= 0.3 is 0 Å². The molecule has 0 spiro atoms. The molecule has 2 rings (SSSR count). The van der Waals surface area contributed by atoms with Gasteiger partial charge in [0, 0.05) is 0 Å². The van der Waals surface area contributed by atoms with Gasteiger partial charge in [0.15, 0.2) is 0 Å². The van der Waals surface area contributed by atoms with Gasteiger partial charge in [0.1, 0.15) is 0 Å². The molecule has 0 N–H and O–H groups in total. The standard InChI is InChI=1S/C9H18P2S6/c1-4-12-10(13-5-1)16-8-3-9-17-11-14-6-2-7-15-11/h1-9H2. The fourth-order valence-corrected chi connectivity index (χ4v) is 23.2. The van der Waals surface area contributed by atoms with Crippen molar-refractivity contribution >= 4 is 79.3 Å². The summed E-state index contributed by atoms with van der Waals surface area (Å²) in [6.45, 7) is 0. The molecule has 0 aromatic carbocycles. The van der Waals surface area contributed by atoms with E-state index in [2.05, 4.69) is 68.3 Å². The van der Waals surface area contributed by atoms with Gasteiger partial charge in [-0.05, 0) is 53.8 Å². The Labute approximate surface area is 132 Å². The second-order valence-electron chi connectivity index (χ2n) is 3.51. The summed E-state index contributed by atoms with van der Waals surface area (Å²) in [5.74, 6) is 8.46. The zero-order chi connectivity index (χ0) is 11.8. The van der Waals surface area contributed by atoms with E-state index in [0.717, 1.165) is 0 Å². The molecule has 2 aliphatic heterocycles. The SMILES string of the molecule is C1CSP(SCCCSP2SCCCS2)SC1. The highest BCUT2D eigenvalue weighted by atomic mass is 33.4. The monoisotopic (exact) mass is 380 g/mol. The Hall–Kier alpha value is 2.96. The van der Waals surface area contributed by atoms with Crippen molar-refractivity contribution in [2.24, 2.45) is 0 Å². The summed E-state index contributed by atoms with van der Waals surface area (Å²) in [7, 11) is 0. The molecule has 8 heteroatoms. The molecule has 0 aromatic heterocycles. The predicted molar refractivity (Wildman–Crippen MR) is 102 cm³/mol. The highest BCUT2D eigenvalue weighted by molar-refractivity contribution is 9.13. The lowest BCUT2D eigenvalue weighted by Gasteiger charge is -2.21. The van der Waals surface area contributed by atoms with E-state index < -0.39 is 0 Å². The Morgan fingerprint density at radius 1 is 0.706 bits per heavy atom. The first-order chi connectivity index (χ1) is 8.45. The van der Waals surface area contributed by atoms with E-state index in [0.29, 0.717) is 0 Å². The second kappa shape index (κ2) is 10.7. The average molecular weight is 381 g/mol. The van der Waals surface area contributed by atoms with E-state index in [1.807, 2.05) is 0 Å². The zero-order valence-corrected chi connectivity index (χ0v) is 16.4. The van der Waals surface area contributed by atoms with Gasteiger partial charge in [-0.15, -0.1) is 68.3 Å². The molecule has 0 bridgehead atoms. The van der Waals surface area contributed by atoms with Gasteiger partial charge in [0.2, 0.25) is 0 Å². The maximum absolute atomic E-state index is 2.25. The van der Waals surface area contributed by atoms with Gasteiger partial charge in [-0.3, -0.25) is 0 Å². The van der Waals surface area contributed by atoms with E-state index in [1.165, 1.54) is 53.8 Å². The minimum Gasteiger partial charge on any atom is -0.112 e. The fraction of sp³-hybridized carbons (Fsp3) is 1.00. The Morgan fingerprint density at radius 2 is 1.12 bits per heavy atom. The summed E-state index contributed by atoms with van der Waals surface area (Å²) >= 11 is 13.4. The Bertz CT molecular complexity index is 176. The van der Waals surface area contributed by atoms with Gasteiger partial charge < -0.3 is 0 Å². The lowest BCUT2D eigenvalue weighted by Crippen LogP contribution is -1.88. The van der Waals surface area contributed by atoms with Crippen LogP contribution in [0.15, 0.2) is 0 Å². The Balaban J connectivity index is 1.42. The molecule has 0 aromatic rings. The van der Waals surface area contributed by atoms with Crippen molar-refractivity contribution in [2.75, 3.05) is 34.5 Å². The van der Waals surface area contributed by atoms with E-state index in [-0.39, 0.29) is 11.1 Å². The predicted octanol–water partition coefficient (Wildman–Crippen LogP) is 7.04. The van der Waals surface area contributed by atoms with Crippen LogP contribution >= 0.6 is 79.3 Å². The smallest absolute Gasteiger partial charge is 0.0729 e. The van der Waals surface area contributed by atoms with E-state index >= 15 is 0 Å². The van der Waals surface area contributed by atoms with Crippen LogP contribution < -0.4 is 0 Å². The molecule has 100 valence electrons. The van der Waals surface area contributed by atoms with Crippen LogP contribution in [-0.4, -0.2) is 34.5 Å². The van der Waals surface area contributed by atoms with Crippen LogP contribution in [0.4, 0.5) is 0 Å². The van der Waals surface area contributed by atoms with Crippen molar-refractivity contribution in [3.8, 4) is 0 Å². The number of rotatable bonds is 6. The third-order valence-electron chi connectivity index (χ3n) is 2.05. The normalized spacial score (nSPS) is 24.0. The average Bonchev–Trinajstić information content (AvgIpc) is 2.41. The Morgan fingerprint density at radius 3 is 1.53 bits per heavy atom. The van der Waals surface area contributed by atoms with Crippen molar-refractivity contribution in [3.05, 3.63) is 0 Å². The third kappa shape index (κ3) is 7.50. The van der Waals surface area contributed by atoms with Gasteiger partial charge in [-0.25, -0.2) is 0 Å². The van der Waals surface area contributed by atoms with Gasteiger partial charge in [0.05, 0.1) is 11.1 Å². The van der Waals surface area contributed by atoms with Crippen LogP contribution in [-0.2, 0) is 0 Å². The molecule has 2 fully saturated rings. The van der Waals surface area contributed by atoms with E-state index in [1.54, 1.807) is 0 Å². The Kier molecular flexibility index (Phi) is 10.2. The van der Waals surface area contributed by atoms with Crippen molar-refractivity contribution in [1.29, 1.82) is 0 Å². The maximum atomic E-state index is 2.25. The summed E-state index contributed by atoms with van der Waals surface area (Å²) in [6.07, 6.45) is 4.29. The van der Waals surface area contributed by atoms with E-state index in [4.69, 9.17) is 0 Å². The topological polar surface area (TPSA) is 0 Å². The summed E-state index contributed by atoms with van der Waals surface area (Å²) in [5, 5.41) is 0. The lowest BCUT2D eigenvalue weighted by molar-refractivity contribution is 1.13. The quantitative estimate of drug-likeness (QED) is 0.355. The maximum Gasteiger partial charge on any atom is 0.0729 e. The molecule has 0 aliphatic carbocycles. The largest absolute Gasteiger partial charge is 0.112 e. The first kappa shape index (κ1) is 16.3. The molecule has 2 saturated heterocycles. The molecule has 2 aliphatic rings. The van der Waals surface area contributed by atoms with Crippen molar-refractivity contribution in [1.82, 2.24) is 0 Å². The van der Waals surface area contributed by atoms with Crippen LogP contribution in [0.2, 0.25) is 0 Å². The van der Waals surface area contributed by atoms with Crippen molar-refractivity contribution in [3.63, 3.8) is 0 Å². The van der Waals surface area contributed by atoms with Crippen LogP contribution in [0.5, 0.6) is 0 Å². The molecule has 0 nitrogen and oxygen atoms in total. The molecule has 0 radical (unpaired) electrons. The highest BCUT2D eigenvalue weighted by Gasteiger charge is 2.16. The van der Waals surface area contributed by atoms with Crippen molar-refractivity contribution < 1.29 is 0 Å². The molecular formula is C9H18P2S6. The van der Waals surface area contributed by atoms with Crippen LogP contribution in [0.25, 0.3) is 0 Å². The van der Waals surface area contributed by atoms with Crippen LogP contribution in [0.1, 0.15) is 19.3 Å². The lowest BCUT2D eigenvalue weighted by atomic mass is 10.6. The van der Waals surface area contributed by atoms with Crippen LogP contribution in [0.3, 0.4) is 0 Å².